The third-order valence-corrected chi connectivity index (χ3v) is 3.50. The summed E-state index contributed by atoms with van der Waals surface area (Å²) in [6.45, 7) is 2.02. The van der Waals surface area contributed by atoms with Gasteiger partial charge in [0.25, 0.3) is 0 Å². The Bertz CT molecular complexity index is 686. The van der Waals surface area contributed by atoms with Crippen molar-refractivity contribution in [1.82, 2.24) is 5.32 Å². The van der Waals surface area contributed by atoms with Gasteiger partial charge in [0.15, 0.2) is 0 Å². The van der Waals surface area contributed by atoms with Crippen molar-refractivity contribution in [3.05, 3.63) is 65.7 Å². The summed E-state index contributed by atoms with van der Waals surface area (Å²) in [7, 11) is 0. The molecule has 0 spiro atoms. The first-order valence-electron chi connectivity index (χ1n) is 7.93. The van der Waals surface area contributed by atoms with Gasteiger partial charge < -0.3 is 15.8 Å². The van der Waals surface area contributed by atoms with Gasteiger partial charge in [-0.1, -0.05) is 42.5 Å². The maximum Gasteiger partial charge on any atom is 0.328 e. The second kappa shape index (κ2) is 8.72. The summed E-state index contributed by atoms with van der Waals surface area (Å²) in [5, 5.41) is 2.76. The highest BCUT2D eigenvalue weighted by atomic mass is 16.5. The number of carbonyl (C=O) groups excluding carboxylic acids is 2. The fourth-order valence-corrected chi connectivity index (χ4v) is 2.42. The molecule has 2 aromatic rings. The van der Waals surface area contributed by atoms with E-state index in [-0.39, 0.29) is 18.9 Å². The van der Waals surface area contributed by atoms with Crippen LogP contribution >= 0.6 is 0 Å². The number of amides is 1. The average molecular weight is 326 g/mol. The molecule has 0 saturated carbocycles. The Labute approximate surface area is 141 Å². The Kier molecular flexibility index (Phi) is 6.37. The van der Waals surface area contributed by atoms with Crippen LogP contribution in [0.15, 0.2) is 54.6 Å². The smallest absolute Gasteiger partial charge is 0.328 e. The summed E-state index contributed by atoms with van der Waals surface area (Å²) in [5.41, 5.74) is 8.08. The Morgan fingerprint density at radius 2 is 1.79 bits per heavy atom. The number of hydrogen-bond acceptors (Lipinski definition) is 4. The molecule has 0 aliphatic rings. The standard InChI is InChI=1S/C19H22N2O3/c1-2-24-19(23)17(12-14-7-4-3-5-8-14)21-18(22)13-15-9-6-10-16(20)11-15/h3-11,17H,2,12-13,20H2,1H3,(H,21,22). The quantitative estimate of drug-likeness (QED) is 0.603. The second-order valence-corrected chi connectivity index (χ2v) is 5.48. The van der Waals surface area contributed by atoms with Crippen molar-refractivity contribution in [3.8, 4) is 0 Å². The summed E-state index contributed by atoms with van der Waals surface area (Å²) in [6.07, 6.45) is 0.554. The van der Waals surface area contributed by atoms with Gasteiger partial charge in [-0.3, -0.25) is 4.79 Å². The molecule has 5 heteroatoms. The molecule has 0 heterocycles. The summed E-state index contributed by atoms with van der Waals surface area (Å²) in [5.74, 6) is -0.670. The molecule has 1 amide bonds. The second-order valence-electron chi connectivity index (χ2n) is 5.48. The topological polar surface area (TPSA) is 81.4 Å². The number of hydrogen-bond donors (Lipinski definition) is 2. The van der Waals surface area contributed by atoms with Gasteiger partial charge in [-0.05, 0) is 30.2 Å². The average Bonchev–Trinajstić information content (AvgIpc) is 2.55. The molecule has 1 unspecified atom stereocenters. The lowest BCUT2D eigenvalue weighted by molar-refractivity contribution is -0.147. The molecule has 0 aromatic heterocycles. The minimum Gasteiger partial charge on any atom is -0.464 e. The zero-order valence-corrected chi connectivity index (χ0v) is 13.7. The molecule has 2 rings (SSSR count). The van der Waals surface area contributed by atoms with Crippen molar-refractivity contribution in [3.63, 3.8) is 0 Å². The van der Waals surface area contributed by atoms with Crippen LogP contribution in [0.1, 0.15) is 18.1 Å². The highest BCUT2D eigenvalue weighted by Gasteiger charge is 2.22. The lowest BCUT2D eigenvalue weighted by atomic mass is 10.1. The van der Waals surface area contributed by atoms with Gasteiger partial charge >= 0.3 is 5.97 Å². The van der Waals surface area contributed by atoms with Crippen LogP contribution in [0, 0.1) is 0 Å². The molecule has 3 N–H and O–H groups in total. The summed E-state index contributed by atoms with van der Waals surface area (Å²) in [6, 6.07) is 15.9. The van der Waals surface area contributed by atoms with E-state index in [1.165, 1.54) is 0 Å². The Morgan fingerprint density at radius 1 is 1.08 bits per heavy atom. The van der Waals surface area contributed by atoms with Crippen molar-refractivity contribution >= 4 is 17.6 Å². The van der Waals surface area contributed by atoms with E-state index < -0.39 is 12.0 Å². The lowest BCUT2D eigenvalue weighted by Gasteiger charge is -2.17. The molecule has 0 aliphatic heterocycles. The van der Waals surface area contributed by atoms with Crippen molar-refractivity contribution in [1.29, 1.82) is 0 Å². The zero-order valence-electron chi connectivity index (χ0n) is 13.7. The number of benzene rings is 2. The summed E-state index contributed by atoms with van der Waals surface area (Å²) < 4.78 is 5.07. The molecule has 126 valence electrons. The number of esters is 1. The van der Waals surface area contributed by atoms with Crippen LogP contribution < -0.4 is 11.1 Å². The van der Waals surface area contributed by atoms with Gasteiger partial charge in [0.05, 0.1) is 13.0 Å². The minimum atomic E-state index is -0.707. The summed E-state index contributed by atoms with van der Waals surface area (Å²) in [4.78, 5) is 24.4. The molecule has 5 nitrogen and oxygen atoms in total. The van der Waals surface area contributed by atoms with E-state index in [4.69, 9.17) is 10.5 Å². The largest absolute Gasteiger partial charge is 0.464 e. The van der Waals surface area contributed by atoms with Gasteiger partial charge in [0.2, 0.25) is 5.91 Å². The predicted molar refractivity (Wildman–Crippen MR) is 93.3 cm³/mol. The number of nitrogens with one attached hydrogen (secondary N) is 1. The van der Waals surface area contributed by atoms with Crippen LogP contribution in [0.2, 0.25) is 0 Å². The first-order valence-corrected chi connectivity index (χ1v) is 7.93. The van der Waals surface area contributed by atoms with Gasteiger partial charge in [-0.15, -0.1) is 0 Å². The number of nitrogen functional groups attached to an aromatic ring is 1. The van der Waals surface area contributed by atoms with Crippen LogP contribution in [0.3, 0.4) is 0 Å². The normalized spacial score (nSPS) is 11.5. The van der Waals surface area contributed by atoms with Gasteiger partial charge in [0, 0.05) is 12.1 Å². The molecule has 0 fully saturated rings. The van der Waals surface area contributed by atoms with E-state index in [1.54, 1.807) is 25.1 Å². The predicted octanol–water partition coefficient (Wildman–Crippen LogP) is 2.10. The molecule has 24 heavy (non-hydrogen) atoms. The number of ether oxygens (including phenoxy) is 1. The number of carbonyl (C=O) groups is 2. The monoisotopic (exact) mass is 326 g/mol. The molecule has 0 bridgehead atoms. The summed E-state index contributed by atoms with van der Waals surface area (Å²) >= 11 is 0. The first-order chi connectivity index (χ1) is 11.6. The van der Waals surface area contributed by atoms with Gasteiger partial charge in [-0.2, -0.15) is 0 Å². The lowest BCUT2D eigenvalue weighted by Crippen LogP contribution is -2.44. The van der Waals surface area contributed by atoms with Crippen molar-refractivity contribution in [2.75, 3.05) is 12.3 Å². The number of anilines is 1. The third-order valence-electron chi connectivity index (χ3n) is 3.50. The van der Waals surface area contributed by atoms with Crippen LogP contribution in [0.25, 0.3) is 0 Å². The molecule has 0 aliphatic carbocycles. The van der Waals surface area contributed by atoms with E-state index in [2.05, 4.69) is 5.32 Å². The van der Waals surface area contributed by atoms with E-state index in [9.17, 15) is 9.59 Å². The van der Waals surface area contributed by atoms with Crippen molar-refractivity contribution < 1.29 is 14.3 Å². The zero-order chi connectivity index (χ0) is 17.4. The van der Waals surface area contributed by atoms with Crippen LogP contribution in [0.4, 0.5) is 5.69 Å². The highest BCUT2D eigenvalue weighted by molar-refractivity contribution is 5.86. The van der Waals surface area contributed by atoms with Crippen LogP contribution in [-0.2, 0) is 27.2 Å². The molecule has 0 radical (unpaired) electrons. The Morgan fingerprint density at radius 3 is 2.46 bits per heavy atom. The Balaban J connectivity index is 2.03. The molecule has 2 aromatic carbocycles. The maximum atomic E-state index is 12.3. The fraction of sp³-hybridized carbons (Fsp3) is 0.263. The molecular formula is C19H22N2O3. The first kappa shape index (κ1) is 17.5. The van der Waals surface area contributed by atoms with Crippen molar-refractivity contribution in [2.24, 2.45) is 0 Å². The number of rotatable bonds is 7. The van der Waals surface area contributed by atoms with Crippen LogP contribution in [0.5, 0.6) is 0 Å². The maximum absolute atomic E-state index is 12.3. The molecule has 1 atom stereocenters. The van der Waals surface area contributed by atoms with E-state index >= 15 is 0 Å². The SMILES string of the molecule is CCOC(=O)C(Cc1ccccc1)NC(=O)Cc1cccc(N)c1. The molecule has 0 saturated heterocycles. The number of nitrogens with two attached hydrogens (primary N) is 1. The van der Waals surface area contributed by atoms with Gasteiger partial charge in [-0.25, -0.2) is 4.79 Å². The van der Waals surface area contributed by atoms with E-state index in [1.807, 2.05) is 36.4 Å². The van der Waals surface area contributed by atoms with Crippen molar-refractivity contribution in [2.45, 2.75) is 25.8 Å². The van der Waals surface area contributed by atoms with E-state index in [0.29, 0.717) is 12.1 Å². The Hall–Kier alpha value is -2.82. The van der Waals surface area contributed by atoms with E-state index in [0.717, 1.165) is 11.1 Å². The highest BCUT2D eigenvalue weighted by Crippen LogP contribution is 2.09. The molecular weight excluding hydrogens is 304 g/mol. The third kappa shape index (κ3) is 5.43. The fourth-order valence-electron chi connectivity index (χ4n) is 2.42. The van der Waals surface area contributed by atoms with Crippen LogP contribution in [-0.4, -0.2) is 24.5 Å². The minimum absolute atomic E-state index is 0.162. The van der Waals surface area contributed by atoms with Gasteiger partial charge in [0.1, 0.15) is 6.04 Å².